The van der Waals surface area contributed by atoms with Crippen molar-refractivity contribution < 1.29 is 34.3 Å². The maximum Gasteiger partial charge on any atom is 0.215 e. The highest BCUT2D eigenvalue weighted by Crippen LogP contribution is 2.31. The Morgan fingerprint density at radius 3 is 2.31 bits per heavy atom. The molecule has 0 unspecified atom stereocenters. The van der Waals surface area contributed by atoms with Gasteiger partial charge in [0, 0.05) is 12.1 Å². The number of hydrogen-bond acceptors (Lipinski definition) is 12. The summed E-state index contributed by atoms with van der Waals surface area (Å²) < 4.78 is 23.2. The van der Waals surface area contributed by atoms with Gasteiger partial charge in [-0.15, -0.1) is 0 Å². The van der Waals surface area contributed by atoms with Gasteiger partial charge in [0.25, 0.3) is 0 Å². The molecule has 3 aliphatic rings. The molecule has 12 heteroatoms. The normalized spacial score (nSPS) is 47.6. The molecule has 0 aromatic carbocycles. The van der Waals surface area contributed by atoms with Crippen molar-refractivity contribution >= 4 is 0 Å². The number of aliphatic hydroxyl groups is 3. The molecule has 0 aromatic heterocycles. The van der Waals surface area contributed by atoms with Gasteiger partial charge in [-0.05, 0) is 32.4 Å². The van der Waals surface area contributed by atoms with Crippen molar-refractivity contribution in [1.29, 1.82) is 0 Å². The first-order valence-electron chi connectivity index (χ1n) is 11.2. The van der Waals surface area contributed by atoms with Gasteiger partial charge >= 0.3 is 0 Å². The van der Waals surface area contributed by atoms with Gasteiger partial charge in [-0.2, -0.15) is 0 Å². The summed E-state index contributed by atoms with van der Waals surface area (Å²) in [4.78, 5) is 0. The van der Waals surface area contributed by atoms with E-state index in [9.17, 15) is 15.3 Å². The summed E-state index contributed by atoms with van der Waals surface area (Å²) in [6, 6.07) is -2.36. The van der Waals surface area contributed by atoms with Crippen LogP contribution in [0.4, 0.5) is 0 Å². The number of aliphatic hydroxyl groups excluding tert-OH is 2. The highest BCUT2D eigenvalue weighted by atomic mass is 16.7. The second-order valence-corrected chi connectivity index (χ2v) is 9.08. The third-order valence-corrected chi connectivity index (χ3v) is 6.33. The van der Waals surface area contributed by atoms with Crippen LogP contribution in [-0.4, -0.2) is 102 Å². The van der Waals surface area contributed by atoms with Crippen molar-refractivity contribution in [2.24, 2.45) is 22.9 Å². The van der Waals surface area contributed by atoms with Crippen molar-refractivity contribution in [3.05, 3.63) is 11.8 Å². The summed E-state index contributed by atoms with van der Waals surface area (Å²) in [6.45, 7) is 4.10. The van der Waals surface area contributed by atoms with Crippen LogP contribution in [0.1, 0.15) is 26.7 Å². The van der Waals surface area contributed by atoms with Crippen molar-refractivity contribution in [2.75, 3.05) is 19.7 Å². The Bertz CT molecular complexity index is 654. The Labute approximate surface area is 188 Å². The van der Waals surface area contributed by atoms with Gasteiger partial charge in [-0.1, -0.05) is 6.92 Å². The summed E-state index contributed by atoms with van der Waals surface area (Å²) in [5.41, 5.74) is 22.9. The monoisotopic (exact) mass is 461 g/mol. The molecule has 1 saturated heterocycles. The molecule has 3 rings (SSSR count). The molecule has 186 valence electrons. The highest BCUT2D eigenvalue weighted by molar-refractivity contribution is 5.04. The second kappa shape index (κ2) is 10.6. The number of likely N-dealkylation sites (N-methyl/N-ethyl adjacent to an activating group) is 1. The number of nitrogens with one attached hydrogen (secondary N) is 1. The van der Waals surface area contributed by atoms with Gasteiger partial charge in [0.2, 0.25) is 6.29 Å². The highest BCUT2D eigenvalue weighted by Gasteiger charge is 2.50. The average Bonchev–Trinajstić information content (AvgIpc) is 2.74. The first-order chi connectivity index (χ1) is 15.1. The lowest BCUT2D eigenvalue weighted by Crippen LogP contribution is -2.69. The van der Waals surface area contributed by atoms with Gasteiger partial charge in [0.05, 0.1) is 25.2 Å². The molecule has 2 fully saturated rings. The average molecular weight is 462 g/mol. The third kappa shape index (κ3) is 5.42. The molecule has 0 amide bonds. The first-order valence-corrected chi connectivity index (χ1v) is 11.2. The standard InChI is InChI=1S/C20H39N5O7/c1-3-25-17-14(27)19(29-8-20(17,2)28)32-16-12(24)6-11(23)15(13(16)26)31-18-10(22)5-4-9(7-21)30-18/h4,10-19,25-28H,3,5-8,21-24H2,1-2H3/t10-,11+,12-,13+,14-,15-,16+,17-,18-,19-,20+/m1/s1. The smallest absolute Gasteiger partial charge is 0.215 e. The molecule has 0 radical (unpaired) electrons. The Kier molecular flexibility index (Phi) is 8.50. The summed E-state index contributed by atoms with van der Waals surface area (Å²) in [7, 11) is 0. The lowest BCUT2D eigenvalue weighted by Gasteiger charge is -2.48. The first kappa shape index (κ1) is 25.7. The predicted molar refractivity (Wildman–Crippen MR) is 115 cm³/mol. The zero-order chi connectivity index (χ0) is 23.6. The Morgan fingerprint density at radius 2 is 1.72 bits per heavy atom. The van der Waals surface area contributed by atoms with E-state index in [1.807, 2.05) is 6.92 Å². The summed E-state index contributed by atoms with van der Waals surface area (Å²) in [5.74, 6) is 0.556. The molecule has 0 bridgehead atoms. The molecular weight excluding hydrogens is 422 g/mol. The quantitative estimate of drug-likeness (QED) is 0.186. The molecule has 0 spiro atoms. The van der Waals surface area contributed by atoms with Crippen LogP contribution in [0.15, 0.2) is 11.8 Å². The minimum atomic E-state index is -1.29. The number of rotatable bonds is 7. The fourth-order valence-electron chi connectivity index (χ4n) is 4.52. The summed E-state index contributed by atoms with van der Waals surface area (Å²) >= 11 is 0. The minimum absolute atomic E-state index is 0.0666. The van der Waals surface area contributed by atoms with Crippen LogP contribution < -0.4 is 28.3 Å². The summed E-state index contributed by atoms with van der Waals surface area (Å²) in [5, 5.41) is 35.4. The minimum Gasteiger partial charge on any atom is -0.467 e. The van der Waals surface area contributed by atoms with Gasteiger partial charge in [0.15, 0.2) is 6.29 Å². The van der Waals surface area contributed by atoms with E-state index in [2.05, 4.69) is 5.32 Å². The largest absolute Gasteiger partial charge is 0.467 e. The van der Waals surface area contributed by atoms with Crippen molar-refractivity contribution in [3.63, 3.8) is 0 Å². The van der Waals surface area contributed by atoms with Gasteiger partial charge in [-0.3, -0.25) is 0 Å². The van der Waals surface area contributed by atoms with Crippen LogP contribution in [0.5, 0.6) is 0 Å². The van der Waals surface area contributed by atoms with Crippen molar-refractivity contribution in [2.45, 2.75) is 93.5 Å². The Morgan fingerprint density at radius 1 is 1.09 bits per heavy atom. The summed E-state index contributed by atoms with van der Waals surface area (Å²) in [6.07, 6.45) is -3.55. The number of hydrogen-bond donors (Lipinski definition) is 8. The maximum absolute atomic E-state index is 11.1. The van der Waals surface area contributed by atoms with E-state index in [4.69, 9.17) is 41.9 Å². The fraction of sp³-hybridized carbons (Fsp3) is 0.900. The van der Waals surface area contributed by atoms with E-state index in [0.29, 0.717) is 25.1 Å². The molecule has 1 aliphatic carbocycles. The molecule has 0 aromatic rings. The van der Waals surface area contributed by atoms with Gasteiger partial charge < -0.3 is 62.5 Å². The Balaban J connectivity index is 1.69. The molecule has 11 atom stereocenters. The zero-order valence-electron chi connectivity index (χ0n) is 18.7. The van der Waals surface area contributed by atoms with E-state index in [1.165, 1.54) is 0 Å². The van der Waals surface area contributed by atoms with Gasteiger partial charge in [0.1, 0.15) is 35.8 Å². The Hall–Kier alpha value is -0.900. The second-order valence-electron chi connectivity index (χ2n) is 9.08. The van der Waals surface area contributed by atoms with E-state index < -0.39 is 66.8 Å². The van der Waals surface area contributed by atoms with Crippen LogP contribution in [0.25, 0.3) is 0 Å². The molecule has 12 N–H and O–H groups in total. The number of nitrogens with two attached hydrogens (primary N) is 4. The van der Waals surface area contributed by atoms with Crippen LogP contribution in [0, 0.1) is 0 Å². The molecule has 12 nitrogen and oxygen atoms in total. The number of ether oxygens (including phenoxy) is 4. The van der Waals surface area contributed by atoms with Crippen molar-refractivity contribution in [1.82, 2.24) is 5.32 Å². The van der Waals surface area contributed by atoms with Gasteiger partial charge in [-0.25, -0.2) is 0 Å². The topological polar surface area (TPSA) is 214 Å². The predicted octanol–water partition coefficient (Wildman–Crippen LogP) is -3.46. The maximum atomic E-state index is 11.1. The molecule has 32 heavy (non-hydrogen) atoms. The van der Waals surface area contributed by atoms with Crippen molar-refractivity contribution in [3.8, 4) is 0 Å². The fourth-order valence-corrected chi connectivity index (χ4v) is 4.52. The van der Waals surface area contributed by atoms with Crippen LogP contribution >= 0.6 is 0 Å². The third-order valence-electron chi connectivity index (χ3n) is 6.33. The van der Waals surface area contributed by atoms with E-state index in [0.717, 1.165) is 0 Å². The SMILES string of the molecule is CCN[C@@H]1[C@@H](O)[C@@H](O[C@@H]2[C@@H](O)[C@H](O[C@H]3OC(CN)=CC[C@H]3N)[C@@H](N)C[C@H]2N)OC[C@]1(C)O. The van der Waals surface area contributed by atoms with E-state index in [-0.39, 0.29) is 13.2 Å². The molecule has 2 heterocycles. The molecular formula is C20H39N5O7. The van der Waals surface area contributed by atoms with E-state index >= 15 is 0 Å². The lowest BCUT2D eigenvalue weighted by molar-refractivity contribution is -0.303. The van der Waals surface area contributed by atoms with Crippen LogP contribution in [-0.2, 0) is 18.9 Å². The molecule has 2 aliphatic heterocycles. The van der Waals surface area contributed by atoms with Crippen LogP contribution in [0.2, 0.25) is 0 Å². The zero-order valence-corrected chi connectivity index (χ0v) is 18.7. The lowest BCUT2D eigenvalue weighted by atomic mass is 9.84. The van der Waals surface area contributed by atoms with Crippen LogP contribution in [0.3, 0.4) is 0 Å². The molecule has 1 saturated carbocycles. The van der Waals surface area contributed by atoms with E-state index in [1.54, 1.807) is 13.0 Å².